The molecule has 0 amide bonds. The van der Waals surface area contributed by atoms with Gasteiger partial charge < -0.3 is 5.32 Å². The van der Waals surface area contributed by atoms with Crippen molar-refractivity contribution >= 4 is 22.3 Å². The van der Waals surface area contributed by atoms with E-state index in [0.29, 0.717) is 4.88 Å². The quantitative estimate of drug-likeness (QED) is 0.519. The first-order chi connectivity index (χ1) is 10.7. The molecule has 118 valence electrons. The van der Waals surface area contributed by atoms with Crippen molar-refractivity contribution in [1.82, 2.24) is 4.98 Å². The Balaban J connectivity index is 1.86. The zero-order valence-electron chi connectivity index (χ0n) is 13.4. The van der Waals surface area contributed by atoms with Gasteiger partial charge in [0.2, 0.25) is 5.78 Å². The van der Waals surface area contributed by atoms with E-state index in [-0.39, 0.29) is 5.78 Å². The summed E-state index contributed by atoms with van der Waals surface area (Å²) in [6.45, 7) is 5.11. The maximum atomic E-state index is 12.5. The zero-order chi connectivity index (χ0) is 15.8. The second-order valence-corrected chi connectivity index (χ2v) is 6.55. The highest BCUT2D eigenvalue weighted by molar-refractivity contribution is 7.17. The lowest BCUT2D eigenvalue weighted by molar-refractivity contribution is 0.104. The Morgan fingerprint density at radius 2 is 1.95 bits per heavy atom. The van der Waals surface area contributed by atoms with Gasteiger partial charge in [-0.15, -0.1) is 0 Å². The van der Waals surface area contributed by atoms with E-state index in [0.717, 1.165) is 29.2 Å². The minimum atomic E-state index is 0.0617. The van der Waals surface area contributed by atoms with Crippen molar-refractivity contribution in [2.24, 2.45) is 0 Å². The van der Waals surface area contributed by atoms with Crippen molar-refractivity contribution in [1.29, 1.82) is 0 Å². The number of nitrogens with zero attached hydrogens (tertiary/aromatic N) is 1. The predicted octanol–water partition coefficient (Wildman–Crippen LogP) is 5.06. The van der Waals surface area contributed by atoms with Gasteiger partial charge in [-0.25, -0.2) is 4.98 Å². The zero-order valence-corrected chi connectivity index (χ0v) is 14.2. The van der Waals surface area contributed by atoms with Gasteiger partial charge in [0.15, 0.2) is 5.13 Å². The molecule has 0 atom stereocenters. The third-order valence-electron chi connectivity index (χ3n) is 3.68. The molecule has 1 N–H and O–H groups in total. The monoisotopic (exact) mass is 316 g/mol. The SMILES string of the molecule is CCCCCCCNc1ncc(C(=O)c2ccccc2C)s1. The molecule has 0 unspecified atom stereocenters. The Morgan fingerprint density at radius 1 is 1.18 bits per heavy atom. The number of carbonyl (C=O) groups is 1. The Labute approximate surface area is 136 Å². The highest BCUT2D eigenvalue weighted by Crippen LogP contribution is 2.22. The average molecular weight is 316 g/mol. The fraction of sp³-hybridized carbons (Fsp3) is 0.444. The number of anilines is 1. The van der Waals surface area contributed by atoms with Crippen LogP contribution in [0, 0.1) is 6.92 Å². The second-order valence-electron chi connectivity index (χ2n) is 5.51. The van der Waals surface area contributed by atoms with Crippen LogP contribution in [-0.2, 0) is 0 Å². The van der Waals surface area contributed by atoms with Gasteiger partial charge >= 0.3 is 0 Å². The van der Waals surface area contributed by atoms with Gasteiger partial charge in [0.1, 0.15) is 0 Å². The number of rotatable bonds is 9. The molecule has 0 aliphatic rings. The number of thiazole rings is 1. The molecule has 0 aliphatic heterocycles. The molecule has 1 aromatic heterocycles. The van der Waals surface area contributed by atoms with Gasteiger partial charge in [0, 0.05) is 12.1 Å². The van der Waals surface area contributed by atoms with Crippen LogP contribution in [0.15, 0.2) is 30.5 Å². The van der Waals surface area contributed by atoms with Crippen LogP contribution in [-0.4, -0.2) is 17.3 Å². The van der Waals surface area contributed by atoms with E-state index in [1.54, 1.807) is 6.20 Å². The maximum absolute atomic E-state index is 12.5. The van der Waals surface area contributed by atoms with Crippen LogP contribution < -0.4 is 5.32 Å². The number of hydrogen-bond donors (Lipinski definition) is 1. The maximum Gasteiger partial charge on any atom is 0.204 e. The summed E-state index contributed by atoms with van der Waals surface area (Å²) in [5.74, 6) is 0.0617. The molecule has 0 fully saturated rings. The fourth-order valence-electron chi connectivity index (χ4n) is 2.35. The van der Waals surface area contributed by atoms with Crippen molar-refractivity contribution in [3.05, 3.63) is 46.5 Å². The summed E-state index contributed by atoms with van der Waals surface area (Å²) in [6, 6.07) is 7.68. The number of aromatic nitrogens is 1. The minimum Gasteiger partial charge on any atom is -0.362 e. The Hall–Kier alpha value is -1.68. The van der Waals surface area contributed by atoms with E-state index < -0.39 is 0 Å². The second kappa shape index (κ2) is 8.69. The van der Waals surface area contributed by atoms with Gasteiger partial charge in [-0.2, -0.15) is 0 Å². The van der Waals surface area contributed by atoms with Crippen molar-refractivity contribution in [3.63, 3.8) is 0 Å². The van der Waals surface area contributed by atoms with E-state index >= 15 is 0 Å². The van der Waals surface area contributed by atoms with Gasteiger partial charge in [-0.3, -0.25) is 4.79 Å². The molecule has 2 aromatic rings. The largest absolute Gasteiger partial charge is 0.362 e. The van der Waals surface area contributed by atoms with E-state index in [1.165, 1.54) is 37.0 Å². The Bertz CT molecular complexity index is 607. The molecule has 1 heterocycles. The topological polar surface area (TPSA) is 42.0 Å². The molecule has 3 nitrogen and oxygen atoms in total. The molecular weight excluding hydrogens is 292 g/mol. The first kappa shape index (κ1) is 16.7. The highest BCUT2D eigenvalue weighted by atomic mass is 32.1. The normalized spacial score (nSPS) is 10.6. The minimum absolute atomic E-state index is 0.0617. The summed E-state index contributed by atoms with van der Waals surface area (Å²) in [4.78, 5) is 17.5. The lowest BCUT2D eigenvalue weighted by Crippen LogP contribution is -2.01. The third kappa shape index (κ3) is 4.67. The standard InChI is InChI=1S/C18H24N2OS/c1-3-4-5-6-9-12-19-18-20-13-16(22-18)17(21)15-11-8-7-10-14(15)2/h7-8,10-11,13H,3-6,9,12H2,1-2H3,(H,19,20). The van der Waals surface area contributed by atoms with Crippen LogP contribution in [0.3, 0.4) is 0 Å². The number of benzene rings is 1. The summed E-state index contributed by atoms with van der Waals surface area (Å²) in [7, 11) is 0. The summed E-state index contributed by atoms with van der Waals surface area (Å²) < 4.78 is 0. The lowest BCUT2D eigenvalue weighted by atomic mass is 10.0. The van der Waals surface area contributed by atoms with Crippen LogP contribution in [0.25, 0.3) is 0 Å². The number of nitrogens with one attached hydrogen (secondary N) is 1. The summed E-state index contributed by atoms with van der Waals surface area (Å²) >= 11 is 1.44. The van der Waals surface area contributed by atoms with Gasteiger partial charge in [-0.1, -0.05) is 68.2 Å². The molecule has 2 rings (SSSR count). The first-order valence-corrected chi connectivity index (χ1v) is 8.84. The van der Waals surface area contributed by atoms with Crippen LogP contribution in [0.2, 0.25) is 0 Å². The average Bonchev–Trinajstić information content (AvgIpc) is 2.99. The van der Waals surface area contributed by atoms with Crippen LogP contribution in [0.1, 0.15) is 59.8 Å². The van der Waals surface area contributed by atoms with E-state index in [9.17, 15) is 4.79 Å². The third-order valence-corrected chi connectivity index (χ3v) is 4.63. The number of aryl methyl sites for hydroxylation is 1. The Kier molecular flexibility index (Phi) is 6.59. The van der Waals surface area contributed by atoms with Crippen LogP contribution in [0.4, 0.5) is 5.13 Å². The summed E-state index contributed by atoms with van der Waals surface area (Å²) in [6.07, 6.45) is 7.96. The fourth-order valence-corrected chi connectivity index (χ4v) is 3.14. The van der Waals surface area contributed by atoms with Crippen molar-refractivity contribution in [2.75, 3.05) is 11.9 Å². The molecular formula is C18H24N2OS. The predicted molar refractivity (Wildman–Crippen MR) is 94.0 cm³/mol. The van der Waals surface area contributed by atoms with Crippen molar-refractivity contribution < 1.29 is 4.79 Å². The number of unbranched alkanes of at least 4 members (excludes halogenated alkanes) is 4. The number of hydrogen-bond acceptors (Lipinski definition) is 4. The van der Waals surface area contributed by atoms with Gasteiger partial charge in [0.25, 0.3) is 0 Å². The molecule has 0 saturated heterocycles. The molecule has 0 spiro atoms. The Morgan fingerprint density at radius 3 is 2.73 bits per heavy atom. The van der Waals surface area contributed by atoms with E-state index in [1.807, 2.05) is 31.2 Å². The molecule has 0 radical (unpaired) electrons. The van der Waals surface area contributed by atoms with Gasteiger partial charge in [-0.05, 0) is 18.9 Å². The molecule has 0 aliphatic carbocycles. The van der Waals surface area contributed by atoms with Crippen molar-refractivity contribution in [3.8, 4) is 0 Å². The first-order valence-electron chi connectivity index (χ1n) is 8.02. The lowest BCUT2D eigenvalue weighted by Gasteiger charge is -2.02. The smallest absolute Gasteiger partial charge is 0.204 e. The number of ketones is 1. The summed E-state index contributed by atoms with van der Waals surface area (Å²) in [5.41, 5.74) is 1.77. The number of carbonyl (C=O) groups excluding carboxylic acids is 1. The van der Waals surface area contributed by atoms with Gasteiger partial charge in [0.05, 0.1) is 11.1 Å². The summed E-state index contributed by atoms with van der Waals surface area (Å²) in [5, 5.41) is 4.16. The molecule has 1 aromatic carbocycles. The van der Waals surface area contributed by atoms with Crippen LogP contribution in [0.5, 0.6) is 0 Å². The van der Waals surface area contributed by atoms with Crippen molar-refractivity contribution in [2.45, 2.75) is 46.0 Å². The molecule has 0 saturated carbocycles. The van der Waals surface area contributed by atoms with E-state index in [2.05, 4.69) is 17.2 Å². The van der Waals surface area contributed by atoms with E-state index in [4.69, 9.17) is 0 Å². The molecule has 22 heavy (non-hydrogen) atoms. The highest BCUT2D eigenvalue weighted by Gasteiger charge is 2.14. The molecule has 4 heteroatoms. The van der Waals surface area contributed by atoms with Crippen LogP contribution >= 0.6 is 11.3 Å². The molecule has 0 bridgehead atoms.